The van der Waals surface area contributed by atoms with Crippen LogP contribution in [0.1, 0.15) is 36.0 Å². The molecule has 10 heteroatoms. The molecular weight excluding hydrogens is 429 g/mol. The Kier molecular flexibility index (Phi) is 7.45. The molecule has 0 aromatic heterocycles. The molecule has 0 atom stereocenters. The van der Waals surface area contributed by atoms with Gasteiger partial charge in [-0.1, -0.05) is 0 Å². The summed E-state index contributed by atoms with van der Waals surface area (Å²) in [6.45, 7) is 0. The first-order valence-electron chi connectivity index (χ1n) is 10.0. The maximum Gasteiger partial charge on any atom is 0.573 e. The number of alkyl halides is 3. The quantitative estimate of drug-likeness (QED) is 0.610. The number of esters is 1. The standard InChI is InChI=1S/C22H23F3N2O5/c1-30-20(28)14-2-8-17(9-3-14)31-18-10-4-15(5-11-18)26-21(29)27-16-6-12-19(13-7-16)32-22(23,24)25/h2-3,6-9,12-13,15,18H,4-5,10-11H2,1H3,(H2,26,27,29)/t15-,18-. The van der Waals surface area contributed by atoms with Gasteiger partial charge in [0.2, 0.25) is 0 Å². The van der Waals surface area contributed by atoms with Crippen molar-refractivity contribution < 1.29 is 37.0 Å². The molecule has 1 saturated carbocycles. The number of benzene rings is 2. The molecule has 1 fully saturated rings. The Bertz CT molecular complexity index is 909. The molecule has 2 N–H and O–H groups in total. The number of hydrogen-bond acceptors (Lipinski definition) is 5. The third-order valence-electron chi connectivity index (χ3n) is 4.93. The molecule has 32 heavy (non-hydrogen) atoms. The number of anilines is 1. The van der Waals surface area contributed by atoms with Crippen LogP contribution in [0.3, 0.4) is 0 Å². The molecule has 2 aromatic carbocycles. The minimum atomic E-state index is -4.76. The normalized spacial score (nSPS) is 18.4. The third-order valence-corrected chi connectivity index (χ3v) is 4.93. The maximum atomic E-state index is 12.2. The van der Waals surface area contributed by atoms with Crippen LogP contribution in [0.2, 0.25) is 0 Å². The molecule has 172 valence electrons. The zero-order valence-corrected chi connectivity index (χ0v) is 17.3. The van der Waals surface area contributed by atoms with Gasteiger partial charge in [0.05, 0.1) is 18.8 Å². The highest BCUT2D eigenvalue weighted by atomic mass is 19.4. The van der Waals surface area contributed by atoms with E-state index in [0.29, 0.717) is 17.0 Å². The topological polar surface area (TPSA) is 85.9 Å². The fourth-order valence-corrected chi connectivity index (χ4v) is 3.40. The van der Waals surface area contributed by atoms with Gasteiger partial charge in [0.25, 0.3) is 0 Å². The lowest BCUT2D eigenvalue weighted by Crippen LogP contribution is -2.41. The Morgan fingerprint density at radius 2 is 1.50 bits per heavy atom. The Morgan fingerprint density at radius 3 is 2.06 bits per heavy atom. The second-order valence-electron chi connectivity index (χ2n) is 7.28. The summed E-state index contributed by atoms with van der Waals surface area (Å²) < 4.78 is 51.0. The number of rotatable bonds is 6. The molecule has 1 aliphatic carbocycles. The van der Waals surface area contributed by atoms with E-state index in [1.807, 2.05) is 0 Å². The van der Waals surface area contributed by atoms with Gasteiger partial charge in [-0.25, -0.2) is 9.59 Å². The zero-order valence-electron chi connectivity index (χ0n) is 17.3. The van der Waals surface area contributed by atoms with Gasteiger partial charge in [0.15, 0.2) is 0 Å². The third kappa shape index (κ3) is 7.07. The molecule has 0 aliphatic heterocycles. The van der Waals surface area contributed by atoms with Crippen LogP contribution >= 0.6 is 0 Å². The maximum absolute atomic E-state index is 12.2. The van der Waals surface area contributed by atoms with Crippen molar-refractivity contribution >= 4 is 17.7 Å². The molecule has 0 radical (unpaired) electrons. The van der Waals surface area contributed by atoms with Gasteiger partial charge in [-0.15, -0.1) is 13.2 Å². The van der Waals surface area contributed by atoms with E-state index < -0.39 is 18.4 Å². The number of carbonyl (C=O) groups is 2. The van der Waals surface area contributed by atoms with Gasteiger partial charge >= 0.3 is 18.4 Å². The Morgan fingerprint density at radius 1 is 0.906 bits per heavy atom. The van der Waals surface area contributed by atoms with Crippen molar-refractivity contribution in [3.63, 3.8) is 0 Å². The van der Waals surface area contributed by atoms with Crippen molar-refractivity contribution in [2.24, 2.45) is 0 Å². The summed E-state index contributed by atoms with van der Waals surface area (Å²) in [6, 6.07) is 11.2. The number of amides is 2. The predicted molar refractivity (Wildman–Crippen MR) is 110 cm³/mol. The van der Waals surface area contributed by atoms with Crippen molar-refractivity contribution in [3.05, 3.63) is 54.1 Å². The van der Waals surface area contributed by atoms with Gasteiger partial charge in [-0.05, 0) is 74.2 Å². The summed E-state index contributed by atoms with van der Waals surface area (Å²) in [5, 5.41) is 5.46. The first kappa shape index (κ1) is 23.2. The SMILES string of the molecule is COC(=O)c1ccc(O[C@H]2CC[C@H](NC(=O)Nc3ccc(OC(F)(F)F)cc3)CC2)cc1. The molecule has 0 unspecified atom stereocenters. The Balaban J connectivity index is 1.40. The first-order valence-corrected chi connectivity index (χ1v) is 10.0. The molecule has 0 saturated heterocycles. The number of nitrogens with one attached hydrogen (secondary N) is 2. The monoisotopic (exact) mass is 452 g/mol. The molecule has 0 heterocycles. The lowest BCUT2D eigenvalue weighted by Gasteiger charge is -2.29. The number of hydrogen-bond donors (Lipinski definition) is 2. The summed E-state index contributed by atoms with van der Waals surface area (Å²) in [4.78, 5) is 23.6. The highest BCUT2D eigenvalue weighted by Gasteiger charge is 2.31. The Hall–Kier alpha value is -3.43. The van der Waals surface area contributed by atoms with Gasteiger partial charge in [0, 0.05) is 11.7 Å². The fraction of sp³-hybridized carbons (Fsp3) is 0.364. The minimum Gasteiger partial charge on any atom is -0.490 e. The van der Waals surface area contributed by atoms with Crippen LogP contribution < -0.4 is 20.1 Å². The van der Waals surface area contributed by atoms with Gasteiger partial charge in [0.1, 0.15) is 11.5 Å². The largest absolute Gasteiger partial charge is 0.573 e. The van der Waals surface area contributed by atoms with E-state index in [0.717, 1.165) is 37.8 Å². The molecular formula is C22H23F3N2O5. The van der Waals surface area contributed by atoms with E-state index in [4.69, 9.17) is 4.74 Å². The van der Waals surface area contributed by atoms with Crippen LogP contribution in [-0.2, 0) is 4.74 Å². The summed E-state index contributed by atoms with van der Waals surface area (Å²) >= 11 is 0. The van der Waals surface area contributed by atoms with Gasteiger partial charge < -0.3 is 24.8 Å². The number of urea groups is 1. The molecule has 2 amide bonds. The molecule has 1 aliphatic rings. The van der Waals surface area contributed by atoms with Gasteiger partial charge in [-0.2, -0.15) is 0 Å². The predicted octanol–water partition coefficient (Wildman–Crippen LogP) is 4.88. The zero-order chi connectivity index (χ0) is 23.1. The van der Waals surface area contributed by atoms with Crippen molar-refractivity contribution in [1.82, 2.24) is 5.32 Å². The van der Waals surface area contributed by atoms with Crippen LogP contribution in [0.4, 0.5) is 23.7 Å². The van der Waals surface area contributed by atoms with Crippen LogP contribution in [0.15, 0.2) is 48.5 Å². The van der Waals surface area contributed by atoms with Crippen LogP contribution in [0, 0.1) is 0 Å². The summed E-state index contributed by atoms with van der Waals surface area (Å²) in [5.74, 6) is -0.113. The van der Waals surface area contributed by atoms with Crippen LogP contribution in [0.5, 0.6) is 11.5 Å². The van der Waals surface area contributed by atoms with Crippen molar-refractivity contribution in [3.8, 4) is 11.5 Å². The molecule has 7 nitrogen and oxygen atoms in total. The second kappa shape index (κ2) is 10.3. The van der Waals surface area contributed by atoms with E-state index in [-0.39, 0.29) is 17.9 Å². The van der Waals surface area contributed by atoms with Crippen molar-refractivity contribution in [2.45, 2.75) is 44.2 Å². The lowest BCUT2D eigenvalue weighted by atomic mass is 9.93. The van der Waals surface area contributed by atoms with Crippen LogP contribution in [-0.4, -0.2) is 37.6 Å². The Labute approximate surface area is 182 Å². The van der Waals surface area contributed by atoms with E-state index in [1.54, 1.807) is 24.3 Å². The second-order valence-corrected chi connectivity index (χ2v) is 7.28. The highest BCUT2D eigenvalue weighted by molar-refractivity contribution is 5.89. The van der Waals surface area contributed by atoms with Crippen LogP contribution in [0.25, 0.3) is 0 Å². The van der Waals surface area contributed by atoms with Gasteiger partial charge in [-0.3, -0.25) is 0 Å². The summed E-state index contributed by atoms with van der Waals surface area (Å²) in [7, 11) is 1.32. The minimum absolute atomic E-state index is 0.00117. The van der Waals surface area contributed by atoms with Crippen molar-refractivity contribution in [1.29, 1.82) is 0 Å². The fourth-order valence-electron chi connectivity index (χ4n) is 3.40. The highest BCUT2D eigenvalue weighted by Crippen LogP contribution is 2.26. The number of halogens is 3. The molecule has 0 bridgehead atoms. The average molecular weight is 452 g/mol. The average Bonchev–Trinajstić information content (AvgIpc) is 2.75. The first-order chi connectivity index (χ1) is 15.2. The van der Waals surface area contributed by atoms with E-state index in [9.17, 15) is 22.8 Å². The summed E-state index contributed by atoms with van der Waals surface area (Å²) in [6.07, 6.45) is -1.84. The summed E-state index contributed by atoms with van der Waals surface area (Å²) in [5.41, 5.74) is 0.797. The molecule has 3 rings (SSSR count). The van der Waals surface area contributed by atoms with Crippen molar-refractivity contribution in [2.75, 3.05) is 12.4 Å². The van der Waals surface area contributed by atoms with E-state index >= 15 is 0 Å². The number of carbonyl (C=O) groups excluding carboxylic acids is 2. The van der Waals surface area contributed by atoms with E-state index in [2.05, 4.69) is 20.1 Å². The molecule has 0 spiro atoms. The van der Waals surface area contributed by atoms with E-state index in [1.165, 1.54) is 19.2 Å². The number of ether oxygens (including phenoxy) is 3. The lowest BCUT2D eigenvalue weighted by molar-refractivity contribution is -0.274. The smallest absolute Gasteiger partial charge is 0.490 e. The molecule has 2 aromatic rings. The number of methoxy groups -OCH3 is 1.